The van der Waals surface area contributed by atoms with Crippen LogP contribution in [0.25, 0.3) is 0 Å². The molecule has 2 aliphatic carbocycles. The fourth-order valence-corrected chi connectivity index (χ4v) is 3.51. The molecule has 0 aromatic heterocycles. The Morgan fingerprint density at radius 3 is 2.30 bits per heavy atom. The summed E-state index contributed by atoms with van der Waals surface area (Å²) in [7, 11) is 0. The van der Waals surface area contributed by atoms with Crippen molar-refractivity contribution in [2.75, 3.05) is 0 Å². The molecule has 2 saturated carbocycles. The summed E-state index contributed by atoms with van der Waals surface area (Å²) in [5.41, 5.74) is 1.28. The van der Waals surface area contributed by atoms with Gasteiger partial charge in [-0.1, -0.05) is 50.1 Å². The Balaban J connectivity index is 1.64. The largest absolute Gasteiger partial charge is 0.337 e. The van der Waals surface area contributed by atoms with Gasteiger partial charge < -0.3 is 4.90 Å². The molecular formula is C18H25NO. The van der Waals surface area contributed by atoms with E-state index in [0.29, 0.717) is 30.3 Å². The van der Waals surface area contributed by atoms with Gasteiger partial charge in [0.2, 0.25) is 5.91 Å². The third kappa shape index (κ3) is 3.05. The van der Waals surface area contributed by atoms with Crippen molar-refractivity contribution in [2.24, 2.45) is 0 Å². The van der Waals surface area contributed by atoms with Gasteiger partial charge in [-0.25, -0.2) is 0 Å². The van der Waals surface area contributed by atoms with E-state index in [1.54, 1.807) is 0 Å². The summed E-state index contributed by atoms with van der Waals surface area (Å²) in [6, 6.07) is 11.5. The standard InChI is InChI=1S/C18H25NO/c1-14(15-7-3-2-4-8-15)13-18(20)19(17-11-12-17)16-9-5-6-10-16/h2-4,7-8,14,16-17H,5-6,9-13H2,1H3. The van der Waals surface area contributed by atoms with Crippen molar-refractivity contribution < 1.29 is 4.79 Å². The number of rotatable bonds is 5. The molecule has 2 heteroatoms. The summed E-state index contributed by atoms with van der Waals surface area (Å²) >= 11 is 0. The molecule has 2 aliphatic rings. The van der Waals surface area contributed by atoms with Crippen molar-refractivity contribution in [3.05, 3.63) is 35.9 Å². The topological polar surface area (TPSA) is 20.3 Å². The maximum Gasteiger partial charge on any atom is 0.223 e. The molecule has 0 N–H and O–H groups in total. The summed E-state index contributed by atoms with van der Waals surface area (Å²) in [5, 5.41) is 0. The Kier molecular flexibility index (Phi) is 4.09. The quantitative estimate of drug-likeness (QED) is 0.789. The molecule has 1 aromatic rings. The molecule has 0 radical (unpaired) electrons. The second-order valence-electron chi connectivity index (χ2n) is 6.49. The van der Waals surface area contributed by atoms with Gasteiger partial charge in [0.25, 0.3) is 0 Å². The fraction of sp³-hybridized carbons (Fsp3) is 0.611. The lowest BCUT2D eigenvalue weighted by Crippen LogP contribution is -2.41. The van der Waals surface area contributed by atoms with Crippen LogP contribution >= 0.6 is 0 Å². The number of hydrogen-bond acceptors (Lipinski definition) is 1. The number of amides is 1. The van der Waals surface area contributed by atoms with Crippen LogP contribution in [0.15, 0.2) is 30.3 Å². The molecule has 1 unspecified atom stereocenters. The second-order valence-corrected chi connectivity index (χ2v) is 6.49. The van der Waals surface area contributed by atoms with Gasteiger partial charge in [0.05, 0.1) is 0 Å². The molecule has 1 atom stereocenters. The first kappa shape index (κ1) is 13.7. The smallest absolute Gasteiger partial charge is 0.223 e. The molecule has 0 bridgehead atoms. The predicted molar refractivity (Wildman–Crippen MR) is 81.6 cm³/mol. The van der Waals surface area contributed by atoms with Crippen molar-refractivity contribution in [3.8, 4) is 0 Å². The molecule has 0 saturated heterocycles. The normalized spacial score (nSPS) is 20.9. The van der Waals surface area contributed by atoms with E-state index in [1.165, 1.54) is 44.1 Å². The van der Waals surface area contributed by atoms with E-state index in [0.717, 1.165) is 0 Å². The molecule has 1 aromatic carbocycles. The van der Waals surface area contributed by atoms with E-state index >= 15 is 0 Å². The maximum absolute atomic E-state index is 12.7. The highest BCUT2D eigenvalue weighted by Gasteiger charge is 2.38. The van der Waals surface area contributed by atoms with Crippen LogP contribution in [0.3, 0.4) is 0 Å². The van der Waals surface area contributed by atoms with E-state index in [9.17, 15) is 4.79 Å². The highest BCUT2D eigenvalue weighted by molar-refractivity contribution is 5.78. The Labute approximate surface area is 122 Å². The van der Waals surface area contributed by atoms with Gasteiger partial charge in [0.1, 0.15) is 0 Å². The first-order valence-corrected chi connectivity index (χ1v) is 8.12. The molecule has 0 aliphatic heterocycles. The number of carbonyl (C=O) groups is 1. The minimum absolute atomic E-state index is 0.325. The van der Waals surface area contributed by atoms with Crippen molar-refractivity contribution >= 4 is 5.91 Å². The van der Waals surface area contributed by atoms with E-state index in [1.807, 2.05) is 6.07 Å². The van der Waals surface area contributed by atoms with Gasteiger partial charge in [0.15, 0.2) is 0 Å². The monoisotopic (exact) mass is 271 g/mol. The summed E-state index contributed by atoms with van der Waals surface area (Å²) in [6.45, 7) is 2.17. The van der Waals surface area contributed by atoms with Crippen LogP contribution in [0, 0.1) is 0 Å². The number of carbonyl (C=O) groups excluding carboxylic acids is 1. The SMILES string of the molecule is CC(CC(=O)N(C1CCCC1)C1CC1)c1ccccc1. The fourth-order valence-electron chi connectivity index (χ4n) is 3.51. The third-order valence-corrected chi connectivity index (χ3v) is 4.80. The van der Waals surface area contributed by atoms with E-state index < -0.39 is 0 Å². The lowest BCUT2D eigenvalue weighted by atomic mass is 9.97. The first-order chi connectivity index (χ1) is 9.75. The van der Waals surface area contributed by atoms with Crippen molar-refractivity contribution in [1.82, 2.24) is 4.90 Å². The molecule has 20 heavy (non-hydrogen) atoms. The third-order valence-electron chi connectivity index (χ3n) is 4.80. The number of benzene rings is 1. The number of hydrogen-bond donors (Lipinski definition) is 0. The highest BCUT2D eigenvalue weighted by Crippen LogP contribution is 2.35. The molecule has 0 spiro atoms. The zero-order valence-corrected chi connectivity index (χ0v) is 12.4. The molecule has 3 rings (SSSR count). The zero-order chi connectivity index (χ0) is 13.9. The highest BCUT2D eigenvalue weighted by atomic mass is 16.2. The van der Waals surface area contributed by atoms with Gasteiger partial charge in [-0.2, -0.15) is 0 Å². The summed E-state index contributed by atoms with van der Waals surface area (Å²) in [6.07, 6.45) is 8.16. The Morgan fingerprint density at radius 2 is 1.70 bits per heavy atom. The molecule has 1 amide bonds. The Morgan fingerprint density at radius 1 is 1.10 bits per heavy atom. The molecule has 2 fully saturated rings. The Bertz CT molecular complexity index is 446. The van der Waals surface area contributed by atoms with Crippen LogP contribution < -0.4 is 0 Å². The minimum Gasteiger partial charge on any atom is -0.337 e. The summed E-state index contributed by atoms with van der Waals surface area (Å²) in [4.78, 5) is 15.0. The lowest BCUT2D eigenvalue weighted by Gasteiger charge is -2.30. The van der Waals surface area contributed by atoms with Crippen LogP contribution in [-0.4, -0.2) is 22.9 Å². The van der Waals surface area contributed by atoms with Gasteiger partial charge >= 0.3 is 0 Å². The van der Waals surface area contributed by atoms with Crippen LogP contribution in [0.2, 0.25) is 0 Å². The first-order valence-electron chi connectivity index (χ1n) is 8.12. The van der Waals surface area contributed by atoms with E-state index in [2.05, 4.69) is 36.1 Å². The molecule has 2 nitrogen and oxygen atoms in total. The van der Waals surface area contributed by atoms with Crippen LogP contribution in [0.4, 0.5) is 0 Å². The van der Waals surface area contributed by atoms with Gasteiger partial charge in [0, 0.05) is 18.5 Å². The predicted octanol–water partition coefficient (Wildman–Crippen LogP) is 4.11. The van der Waals surface area contributed by atoms with Crippen LogP contribution in [-0.2, 0) is 4.79 Å². The Hall–Kier alpha value is -1.31. The summed E-state index contributed by atoms with van der Waals surface area (Å²) in [5.74, 6) is 0.710. The average Bonchev–Trinajstić information content (AvgIpc) is 3.14. The molecule has 108 valence electrons. The van der Waals surface area contributed by atoms with Gasteiger partial charge in [-0.15, -0.1) is 0 Å². The number of nitrogens with zero attached hydrogens (tertiary/aromatic N) is 1. The van der Waals surface area contributed by atoms with Crippen molar-refractivity contribution in [1.29, 1.82) is 0 Å². The van der Waals surface area contributed by atoms with Crippen LogP contribution in [0.5, 0.6) is 0 Å². The van der Waals surface area contributed by atoms with Gasteiger partial charge in [-0.3, -0.25) is 4.79 Å². The molecular weight excluding hydrogens is 246 g/mol. The maximum atomic E-state index is 12.7. The second kappa shape index (κ2) is 5.99. The van der Waals surface area contributed by atoms with Crippen LogP contribution in [0.1, 0.15) is 63.4 Å². The van der Waals surface area contributed by atoms with E-state index in [4.69, 9.17) is 0 Å². The minimum atomic E-state index is 0.325. The van der Waals surface area contributed by atoms with E-state index in [-0.39, 0.29) is 0 Å². The van der Waals surface area contributed by atoms with Crippen molar-refractivity contribution in [2.45, 2.75) is 69.9 Å². The zero-order valence-electron chi connectivity index (χ0n) is 12.4. The van der Waals surface area contributed by atoms with Gasteiger partial charge in [-0.05, 0) is 37.2 Å². The lowest BCUT2D eigenvalue weighted by molar-refractivity contribution is -0.134. The average molecular weight is 271 g/mol. The molecule has 0 heterocycles. The summed E-state index contributed by atoms with van der Waals surface area (Å²) < 4.78 is 0. The van der Waals surface area contributed by atoms with Crippen molar-refractivity contribution in [3.63, 3.8) is 0 Å².